The van der Waals surface area contributed by atoms with Crippen molar-refractivity contribution in [3.05, 3.63) is 48.0 Å². The van der Waals surface area contributed by atoms with Gasteiger partial charge in [-0.1, -0.05) is 42.5 Å². The summed E-state index contributed by atoms with van der Waals surface area (Å²) < 4.78 is 0. The molecular formula is C15H18O3. The Morgan fingerprint density at radius 3 is 2.50 bits per heavy atom. The van der Waals surface area contributed by atoms with E-state index in [9.17, 15) is 15.0 Å². The van der Waals surface area contributed by atoms with Crippen molar-refractivity contribution >= 4 is 5.97 Å². The molecule has 0 aromatic heterocycles. The first-order valence-electron chi connectivity index (χ1n) is 6.31. The maximum Gasteiger partial charge on any atom is 0.313 e. The van der Waals surface area contributed by atoms with Crippen LogP contribution in [0.3, 0.4) is 0 Å². The zero-order valence-corrected chi connectivity index (χ0v) is 10.2. The second-order valence-electron chi connectivity index (χ2n) is 4.76. The lowest BCUT2D eigenvalue weighted by atomic mass is 9.80. The number of carboxylic acids is 1. The fraction of sp³-hybridized carbons (Fsp3) is 0.400. The molecule has 2 rings (SSSR count). The summed E-state index contributed by atoms with van der Waals surface area (Å²) >= 11 is 0. The smallest absolute Gasteiger partial charge is 0.313 e. The lowest BCUT2D eigenvalue weighted by molar-refractivity contribution is -0.142. The topological polar surface area (TPSA) is 57.5 Å². The summed E-state index contributed by atoms with van der Waals surface area (Å²) in [6.07, 6.45) is 5.83. The molecule has 0 saturated carbocycles. The van der Waals surface area contributed by atoms with Gasteiger partial charge in [-0.3, -0.25) is 4.79 Å². The van der Waals surface area contributed by atoms with Crippen molar-refractivity contribution < 1.29 is 15.0 Å². The molecule has 1 aromatic rings. The molecule has 0 heterocycles. The first-order valence-corrected chi connectivity index (χ1v) is 6.31. The summed E-state index contributed by atoms with van der Waals surface area (Å²) in [7, 11) is 0. The molecule has 0 amide bonds. The van der Waals surface area contributed by atoms with Crippen molar-refractivity contribution in [2.24, 2.45) is 5.92 Å². The molecule has 3 heteroatoms. The fourth-order valence-corrected chi connectivity index (χ4v) is 2.55. The first kappa shape index (κ1) is 12.8. The number of aliphatic hydroxyl groups excluding tert-OH is 1. The maximum absolute atomic E-state index is 11.4. The van der Waals surface area contributed by atoms with E-state index in [0.717, 1.165) is 19.3 Å². The number of hydrogen-bond donors (Lipinski definition) is 2. The zero-order chi connectivity index (χ0) is 13.0. The number of aliphatic hydroxyl groups is 1. The van der Waals surface area contributed by atoms with Crippen molar-refractivity contribution in [2.45, 2.75) is 31.3 Å². The van der Waals surface area contributed by atoms with E-state index in [2.05, 4.69) is 6.08 Å². The molecule has 0 radical (unpaired) electrons. The third kappa shape index (κ3) is 2.79. The molecule has 2 N–H and O–H groups in total. The van der Waals surface area contributed by atoms with E-state index in [1.807, 2.05) is 12.1 Å². The van der Waals surface area contributed by atoms with Gasteiger partial charge in [0.2, 0.25) is 0 Å². The minimum atomic E-state index is -0.955. The molecule has 0 spiro atoms. The molecule has 0 unspecified atom stereocenters. The van der Waals surface area contributed by atoms with Gasteiger partial charge in [-0.2, -0.15) is 0 Å². The highest BCUT2D eigenvalue weighted by molar-refractivity contribution is 5.77. The molecule has 0 saturated heterocycles. The quantitative estimate of drug-likeness (QED) is 0.803. The van der Waals surface area contributed by atoms with Gasteiger partial charge in [0.15, 0.2) is 0 Å². The van der Waals surface area contributed by atoms with E-state index in [1.54, 1.807) is 24.3 Å². The number of hydrogen-bond acceptors (Lipinski definition) is 2. The molecule has 1 aliphatic rings. The SMILES string of the molecule is O=C(O)[C@H](c1ccccc1)[C@@H](O)[C@H]1CC=CCC1. The average Bonchev–Trinajstić information content (AvgIpc) is 2.40. The average molecular weight is 246 g/mol. The van der Waals surface area contributed by atoms with Gasteiger partial charge in [-0.15, -0.1) is 0 Å². The number of rotatable bonds is 4. The molecule has 0 aliphatic heterocycles. The summed E-state index contributed by atoms with van der Waals surface area (Å²) in [4.78, 5) is 11.4. The standard InChI is InChI=1S/C15H18O3/c16-14(12-9-5-2-6-10-12)13(15(17)18)11-7-3-1-4-8-11/h1-5,7-8,12-14,16H,6,9-10H2,(H,17,18)/t12-,13+,14-/m0/s1. The van der Waals surface area contributed by atoms with E-state index >= 15 is 0 Å². The van der Waals surface area contributed by atoms with Crippen LogP contribution in [-0.4, -0.2) is 22.3 Å². The van der Waals surface area contributed by atoms with Gasteiger partial charge in [-0.25, -0.2) is 0 Å². The largest absolute Gasteiger partial charge is 0.481 e. The van der Waals surface area contributed by atoms with Crippen molar-refractivity contribution in [3.8, 4) is 0 Å². The second kappa shape index (κ2) is 5.83. The number of allylic oxidation sites excluding steroid dienone is 2. The Bertz CT molecular complexity index is 425. The predicted octanol–water partition coefficient (Wildman–Crippen LogP) is 2.57. The lowest BCUT2D eigenvalue weighted by Gasteiger charge is -2.28. The van der Waals surface area contributed by atoms with Crippen molar-refractivity contribution in [2.75, 3.05) is 0 Å². The Kier molecular flexibility index (Phi) is 4.15. The maximum atomic E-state index is 11.4. The van der Waals surface area contributed by atoms with Crippen LogP contribution in [-0.2, 0) is 4.79 Å². The molecule has 96 valence electrons. The third-order valence-electron chi connectivity index (χ3n) is 3.56. The highest BCUT2D eigenvalue weighted by Crippen LogP contribution is 2.31. The summed E-state index contributed by atoms with van der Waals surface area (Å²) in [6.45, 7) is 0. The van der Waals surface area contributed by atoms with Crippen LogP contribution in [0.1, 0.15) is 30.7 Å². The molecule has 1 aromatic carbocycles. The lowest BCUT2D eigenvalue weighted by Crippen LogP contribution is -2.33. The van der Waals surface area contributed by atoms with Crippen molar-refractivity contribution in [1.82, 2.24) is 0 Å². The van der Waals surface area contributed by atoms with Crippen LogP contribution in [0.4, 0.5) is 0 Å². The van der Waals surface area contributed by atoms with E-state index in [1.165, 1.54) is 0 Å². The molecule has 1 aliphatic carbocycles. The van der Waals surface area contributed by atoms with Gasteiger partial charge in [0.05, 0.1) is 6.10 Å². The van der Waals surface area contributed by atoms with E-state index in [4.69, 9.17) is 0 Å². The number of carbonyl (C=O) groups is 1. The Morgan fingerprint density at radius 2 is 1.94 bits per heavy atom. The molecule has 18 heavy (non-hydrogen) atoms. The number of benzene rings is 1. The van der Waals surface area contributed by atoms with Gasteiger partial charge in [0.1, 0.15) is 5.92 Å². The molecule has 0 fully saturated rings. The molecule has 3 nitrogen and oxygen atoms in total. The van der Waals surface area contributed by atoms with Crippen LogP contribution in [0.25, 0.3) is 0 Å². The monoisotopic (exact) mass is 246 g/mol. The zero-order valence-electron chi connectivity index (χ0n) is 10.2. The van der Waals surface area contributed by atoms with Gasteiger partial charge >= 0.3 is 5.97 Å². The Hall–Kier alpha value is -1.61. The van der Waals surface area contributed by atoms with E-state index < -0.39 is 18.0 Å². The Morgan fingerprint density at radius 1 is 1.22 bits per heavy atom. The normalized spacial score (nSPS) is 22.4. The van der Waals surface area contributed by atoms with Crippen molar-refractivity contribution in [3.63, 3.8) is 0 Å². The van der Waals surface area contributed by atoms with Gasteiger partial charge in [-0.05, 0) is 30.7 Å². The highest BCUT2D eigenvalue weighted by Gasteiger charge is 2.33. The predicted molar refractivity (Wildman–Crippen MR) is 69.3 cm³/mol. The van der Waals surface area contributed by atoms with Gasteiger partial charge in [0, 0.05) is 0 Å². The van der Waals surface area contributed by atoms with Crippen LogP contribution < -0.4 is 0 Å². The molecule has 3 atom stereocenters. The van der Waals surface area contributed by atoms with Gasteiger partial charge < -0.3 is 10.2 Å². The van der Waals surface area contributed by atoms with Crippen LogP contribution in [0, 0.1) is 5.92 Å². The summed E-state index contributed by atoms with van der Waals surface area (Å²) in [6, 6.07) is 8.98. The Labute approximate surface area is 107 Å². The fourth-order valence-electron chi connectivity index (χ4n) is 2.55. The van der Waals surface area contributed by atoms with Gasteiger partial charge in [0.25, 0.3) is 0 Å². The van der Waals surface area contributed by atoms with Crippen LogP contribution in [0.15, 0.2) is 42.5 Å². The van der Waals surface area contributed by atoms with E-state index in [-0.39, 0.29) is 5.92 Å². The first-order chi connectivity index (χ1) is 8.70. The third-order valence-corrected chi connectivity index (χ3v) is 3.56. The molecule has 0 bridgehead atoms. The minimum absolute atomic E-state index is 0.0382. The Balaban J connectivity index is 2.20. The summed E-state index contributed by atoms with van der Waals surface area (Å²) in [5, 5.41) is 19.7. The highest BCUT2D eigenvalue weighted by atomic mass is 16.4. The van der Waals surface area contributed by atoms with E-state index in [0.29, 0.717) is 5.56 Å². The molecular weight excluding hydrogens is 228 g/mol. The minimum Gasteiger partial charge on any atom is -0.481 e. The van der Waals surface area contributed by atoms with Crippen LogP contribution >= 0.6 is 0 Å². The summed E-state index contributed by atoms with van der Waals surface area (Å²) in [5.74, 6) is -1.75. The summed E-state index contributed by atoms with van der Waals surface area (Å²) in [5.41, 5.74) is 0.673. The second-order valence-corrected chi connectivity index (χ2v) is 4.76. The van der Waals surface area contributed by atoms with Crippen molar-refractivity contribution in [1.29, 1.82) is 0 Å². The number of carboxylic acid groups (broad SMARTS) is 1. The van der Waals surface area contributed by atoms with Crippen LogP contribution in [0.2, 0.25) is 0 Å². The van der Waals surface area contributed by atoms with Crippen LogP contribution in [0.5, 0.6) is 0 Å². The number of aliphatic carboxylic acids is 1.